The van der Waals surface area contributed by atoms with Gasteiger partial charge in [0.05, 0.1) is 4.92 Å². The number of hydrogen-bond donors (Lipinski definition) is 0. The lowest BCUT2D eigenvalue weighted by Gasteiger charge is -2.36. The fourth-order valence-corrected chi connectivity index (χ4v) is 2.59. The van der Waals surface area contributed by atoms with E-state index < -0.39 is 34.1 Å². The Bertz CT molecular complexity index is 784. The van der Waals surface area contributed by atoms with E-state index in [0.717, 1.165) is 6.20 Å². The third-order valence-electron chi connectivity index (χ3n) is 3.84. The molecule has 132 valence electrons. The van der Waals surface area contributed by atoms with Crippen LogP contribution in [0.2, 0.25) is 0 Å². The zero-order valence-corrected chi connectivity index (χ0v) is 12.6. The van der Waals surface area contributed by atoms with Crippen LogP contribution >= 0.6 is 0 Å². The van der Waals surface area contributed by atoms with Crippen molar-refractivity contribution in [2.45, 2.75) is 0 Å². The van der Waals surface area contributed by atoms with E-state index >= 15 is 0 Å². The maximum atomic E-state index is 13.8. The number of hydrogen-bond acceptors (Lipinski definition) is 6. The van der Waals surface area contributed by atoms with E-state index in [0.29, 0.717) is 5.82 Å². The van der Waals surface area contributed by atoms with Gasteiger partial charge in [0.25, 0.3) is 17.6 Å². The lowest BCUT2D eigenvalue weighted by Crippen LogP contribution is -2.47. The van der Waals surface area contributed by atoms with Crippen molar-refractivity contribution in [3.8, 4) is 0 Å². The van der Waals surface area contributed by atoms with E-state index in [-0.39, 0.29) is 31.9 Å². The minimum absolute atomic E-state index is 0.0788. The Morgan fingerprint density at radius 2 is 1.52 bits per heavy atom. The number of anilines is 2. The SMILES string of the molecule is O=[N+]([O-])c1ccc(N2CCN(c3c(F)c(F)nc(F)c3F)CC2)nc1. The van der Waals surface area contributed by atoms with Gasteiger partial charge in [-0.1, -0.05) is 0 Å². The zero-order chi connectivity index (χ0) is 18.1. The topological polar surface area (TPSA) is 75.4 Å². The van der Waals surface area contributed by atoms with Gasteiger partial charge in [-0.05, 0) is 6.07 Å². The quantitative estimate of drug-likeness (QED) is 0.363. The first-order valence-corrected chi connectivity index (χ1v) is 7.19. The molecule has 11 heteroatoms. The van der Waals surface area contributed by atoms with Crippen molar-refractivity contribution in [2.24, 2.45) is 0 Å². The molecule has 0 saturated carbocycles. The summed E-state index contributed by atoms with van der Waals surface area (Å²) >= 11 is 0. The molecule has 0 spiro atoms. The molecule has 1 saturated heterocycles. The van der Waals surface area contributed by atoms with Crippen molar-refractivity contribution in [1.29, 1.82) is 0 Å². The normalized spacial score (nSPS) is 14.7. The lowest BCUT2D eigenvalue weighted by atomic mass is 10.2. The van der Waals surface area contributed by atoms with Crippen molar-refractivity contribution < 1.29 is 22.5 Å². The summed E-state index contributed by atoms with van der Waals surface area (Å²) in [4.78, 5) is 19.5. The standard InChI is InChI=1S/C14H11F4N5O2/c15-10-12(11(16)14(18)20-13(10)17)22-5-3-21(4-6-22)9-2-1-8(7-19-9)23(24)25/h1-2,7H,3-6H2. The van der Waals surface area contributed by atoms with Crippen molar-refractivity contribution >= 4 is 17.2 Å². The van der Waals surface area contributed by atoms with Crippen LogP contribution in [0.25, 0.3) is 0 Å². The maximum Gasteiger partial charge on any atom is 0.287 e. The predicted molar refractivity (Wildman–Crippen MR) is 79.4 cm³/mol. The molecule has 0 unspecified atom stereocenters. The average Bonchev–Trinajstić information content (AvgIpc) is 2.61. The van der Waals surface area contributed by atoms with Crippen LogP contribution in [0.15, 0.2) is 18.3 Å². The van der Waals surface area contributed by atoms with Gasteiger partial charge in [0.1, 0.15) is 17.7 Å². The van der Waals surface area contributed by atoms with Crippen LogP contribution in [0.1, 0.15) is 0 Å². The van der Waals surface area contributed by atoms with Crippen molar-refractivity contribution in [3.63, 3.8) is 0 Å². The highest BCUT2D eigenvalue weighted by molar-refractivity contribution is 5.51. The average molecular weight is 357 g/mol. The van der Waals surface area contributed by atoms with Gasteiger partial charge in [-0.15, -0.1) is 0 Å². The van der Waals surface area contributed by atoms with Crippen LogP contribution in [0.4, 0.5) is 34.8 Å². The van der Waals surface area contributed by atoms with Crippen LogP contribution in [0.5, 0.6) is 0 Å². The fourth-order valence-electron chi connectivity index (χ4n) is 2.59. The van der Waals surface area contributed by atoms with Gasteiger partial charge in [0, 0.05) is 32.2 Å². The Morgan fingerprint density at radius 3 is 2.00 bits per heavy atom. The number of halogens is 4. The number of pyridine rings is 2. The molecule has 0 radical (unpaired) electrons. The van der Waals surface area contributed by atoms with Crippen LogP contribution in [-0.4, -0.2) is 41.1 Å². The molecule has 7 nitrogen and oxygen atoms in total. The van der Waals surface area contributed by atoms with Gasteiger partial charge >= 0.3 is 0 Å². The highest BCUT2D eigenvalue weighted by Crippen LogP contribution is 2.28. The Morgan fingerprint density at radius 1 is 0.960 bits per heavy atom. The summed E-state index contributed by atoms with van der Waals surface area (Å²) in [7, 11) is 0. The molecule has 0 amide bonds. The van der Waals surface area contributed by atoms with Crippen LogP contribution in [0.3, 0.4) is 0 Å². The molecule has 0 atom stereocenters. The van der Waals surface area contributed by atoms with Crippen molar-refractivity contribution in [1.82, 2.24) is 9.97 Å². The molecule has 1 aliphatic rings. The second kappa shape index (κ2) is 6.49. The molecule has 3 rings (SSSR count). The molecule has 3 heterocycles. The van der Waals surface area contributed by atoms with Crippen LogP contribution in [0, 0.1) is 33.6 Å². The van der Waals surface area contributed by atoms with Gasteiger partial charge < -0.3 is 9.80 Å². The summed E-state index contributed by atoms with van der Waals surface area (Å²) in [5.74, 6) is -6.03. The largest absolute Gasteiger partial charge is 0.363 e. The summed E-state index contributed by atoms with van der Waals surface area (Å²) in [5, 5.41) is 10.6. The molecule has 0 aromatic carbocycles. The first-order valence-electron chi connectivity index (χ1n) is 7.19. The van der Waals surface area contributed by atoms with E-state index in [1.165, 1.54) is 17.0 Å². The molecule has 1 aliphatic heterocycles. The van der Waals surface area contributed by atoms with E-state index in [1.807, 2.05) is 0 Å². The molecule has 25 heavy (non-hydrogen) atoms. The molecule has 2 aromatic rings. The van der Waals surface area contributed by atoms with Gasteiger partial charge in [0.2, 0.25) is 11.6 Å². The molecular formula is C14H11F4N5O2. The van der Waals surface area contributed by atoms with Gasteiger partial charge in [-0.25, -0.2) is 4.98 Å². The summed E-state index contributed by atoms with van der Waals surface area (Å²) in [6, 6.07) is 2.75. The molecular weight excluding hydrogens is 346 g/mol. The van der Waals surface area contributed by atoms with Gasteiger partial charge in [-0.2, -0.15) is 22.5 Å². The number of piperazine rings is 1. The first-order chi connectivity index (χ1) is 11.9. The lowest BCUT2D eigenvalue weighted by molar-refractivity contribution is -0.385. The Kier molecular flexibility index (Phi) is 4.38. The first kappa shape index (κ1) is 16.9. The molecule has 0 bridgehead atoms. The van der Waals surface area contributed by atoms with E-state index in [4.69, 9.17) is 0 Å². The second-order valence-corrected chi connectivity index (χ2v) is 5.28. The molecule has 0 aliphatic carbocycles. The van der Waals surface area contributed by atoms with E-state index in [2.05, 4.69) is 9.97 Å². The number of rotatable bonds is 3. The third kappa shape index (κ3) is 3.16. The number of nitrogens with zero attached hydrogens (tertiary/aromatic N) is 5. The van der Waals surface area contributed by atoms with E-state index in [1.54, 1.807) is 4.90 Å². The van der Waals surface area contributed by atoms with Crippen LogP contribution < -0.4 is 9.80 Å². The Labute approximate surface area is 138 Å². The number of nitro groups is 1. The minimum Gasteiger partial charge on any atom is -0.363 e. The number of aromatic nitrogens is 2. The van der Waals surface area contributed by atoms with Gasteiger partial charge in [-0.3, -0.25) is 10.1 Å². The summed E-state index contributed by atoms with van der Waals surface area (Å²) in [6.07, 6.45) is 1.11. The van der Waals surface area contributed by atoms with E-state index in [9.17, 15) is 27.7 Å². The predicted octanol–water partition coefficient (Wildman–Crippen LogP) is 2.27. The van der Waals surface area contributed by atoms with Gasteiger partial charge in [0.15, 0.2) is 0 Å². The third-order valence-corrected chi connectivity index (χ3v) is 3.84. The molecule has 2 aromatic heterocycles. The van der Waals surface area contributed by atoms with Crippen molar-refractivity contribution in [3.05, 3.63) is 52.0 Å². The van der Waals surface area contributed by atoms with Crippen LogP contribution in [-0.2, 0) is 0 Å². The minimum atomic E-state index is -1.70. The molecule has 1 fully saturated rings. The van der Waals surface area contributed by atoms with Crippen molar-refractivity contribution in [2.75, 3.05) is 36.0 Å². The smallest absolute Gasteiger partial charge is 0.287 e. The zero-order valence-electron chi connectivity index (χ0n) is 12.6. The fraction of sp³-hybridized carbons (Fsp3) is 0.286. The summed E-state index contributed by atoms with van der Waals surface area (Å²) in [6.45, 7) is 0.676. The Balaban J connectivity index is 1.75. The summed E-state index contributed by atoms with van der Waals surface area (Å²) in [5.41, 5.74) is -0.949. The second-order valence-electron chi connectivity index (χ2n) is 5.28. The summed E-state index contributed by atoms with van der Waals surface area (Å²) < 4.78 is 54.0. The monoisotopic (exact) mass is 357 g/mol. The highest BCUT2D eigenvalue weighted by atomic mass is 19.2. The Hall–Kier alpha value is -2.98. The molecule has 0 N–H and O–H groups in total. The highest BCUT2D eigenvalue weighted by Gasteiger charge is 2.28. The maximum absolute atomic E-state index is 13.8.